The molecule has 0 fully saturated rings. The first-order chi connectivity index (χ1) is 11.2. The van der Waals surface area contributed by atoms with Gasteiger partial charge in [-0.15, -0.1) is 0 Å². The maximum atomic E-state index is 12.3. The third kappa shape index (κ3) is 2.95. The summed E-state index contributed by atoms with van der Waals surface area (Å²) in [6.45, 7) is 5.79. The highest BCUT2D eigenvalue weighted by molar-refractivity contribution is 5.95. The second kappa shape index (κ2) is 6.60. The fourth-order valence-corrected chi connectivity index (χ4v) is 2.75. The van der Waals surface area contributed by atoms with Gasteiger partial charge in [-0.2, -0.15) is 0 Å². The van der Waals surface area contributed by atoms with E-state index in [1.54, 1.807) is 31.5 Å². The Labute approximate surface area is 135 Å². The summed E-state index contributed by atoms with van der Waals surface area (Å²) < 4.78 is 11.1. The molecule has 5 nitrogen and oxygen atoms in total. The molecule has 1 atom stereocenters. The van der Waals surface area contributed by atoms with Crippen molar-refractivity contribution in [3.05, 3.63) is 59.6 Å². The largest absolute Gasteiger partial charge is 0.467 e. The zero-order valence-electron chi connectivity index (χ0n) is 13.0. The van der Waals surface area contributed by atoms with Crippen molar-refractivity contribution in [3.63, 3.8) is 0 Å². The maximum absolute atomic E-state index is 12.3. The molecule has 0 spiro atoms. The molecule has 0 N–H and O–H groups in total. The van der Waals surface area contributed by atoms with Gasteiger partial charge in [0.05, 0.1) is 12.3 Å². The van der Waals surface area contributed by atoms with Crippen molar-refractivity contribution >= 4 is 12.0 Å². The van der Waals surface area contributed by atoms with Gasteiger partial charge in [-0.05, 0) is 43.0 Å². The molecule has 0 saturated carbocycles. The van der Waals surface area contributed by atoms with Gasteiger partial charge < -0.3 is 9.47 Å². The minimum atomic E-state index is -0.454. The second-order valence-electron chi connectivity index (χ2n) is 5.20. The number of carbonyl (C=O) groups excluding carboxylic acids is 1. The molecule has 2 aromatic rings. The molecule has 3 rings (SSSR count). The van der Waals surface area contributed by atoms with Crippen molar-refractivity contribution < 1.29 is 14.3 Å². The van der Waals surface area contributed by atoms with Crippen molar-refractivity contribution in [1.82, 2.24) is 9.97 Å². The molecule has 2 aromatic heterocycles. The zero-order chi connectivity index (χ0) is 16.2. The first kappa shape index (κ1) is 15.2. The molecule has 0 aliphatic heterocycles. The SMILES string of the molecule is C=Cc1ccnc(OC2CCc3cccnc32)c1C(=O)OCC. The highest BCUT2D eigenvalue weighted by Gasteiger charge is 2.28. The van der Waals surface area contributed by atoms with Crippen LogP contribution in [0.4, 0.5) is 0 Å². The molecule has 0 aromatic carbocycles. The van der Waals surface area contributed by atoms with Gasteiger partial charge in [0.1, 0.15) is 11.7 Å². The Hall–Kier alpha value is -2.69. The number of hydrogen-bond donors (Lipinski definition) is 0. The number of rotatable bonds is 5. The molecule has 5 heteroatoms. The van der Waals surface area contributed by atoms with Crippen LogP contribution in [0.5, 0.6) is 5.88 Å². The summed E-state index contributed by atoms with van der Waals surface area (Å²) in [5.74, 6) is -0.186. The average Bonchev–Trinajstić information content (AvgIpc) is 2.98. The van der Waals surface area contributed by atoms with Gasteiger partial charge in [-0.3, -0.25) is 4.98 Å². The van der Waals surface area contributed by atoms with Gasteiger partial charge in [-0.1, -0.05) is 18.7 Å². The molecular weight excluding hydrogens is 292 g/mol. The van der Waals surface area contributed by atoms with Gasteiger partial charge in [0.15, 0.2) is 0 Å². The van der Waals surface area contributed by atoms with Gasteiger partial charge in [0.2, 0.25) is 5.88 Å². The van der Waals surface area contributed by atoms with E-state index in [4.69, 9.17) is 9.47 Å². The minimum absolute atomic E-state index is 0.202. The first-order valence-corrected chi connectivity index (χ1v) is 7.63. The van der Waals surface area contributed by atoms with Crippen molar-refractivity contribution in [3.8, 4) is 5.88 Å². The van der Waals surface area contributed by atoms with Gasteiger partial charge in [0.25, 0.3) is 0 Å². The van der Waals surface area contributed by atoms with E-state index in [1.165, 1.54) is 5.56 Å². The lowest BCUT2D eigenvalue weighted by molar-refractivity contribution is 0.0516. The fraction of sp³-hybridized carbons (Fsp3) is 0.278. The summed E-state index contributed by atoms with van der Waals surface area (Å²) in [5, 5.41) is 0. The molecule has 1 unspecified atom stereocenters. The van der Waals surface area contributed by atoms with Crippen LogP contribution >= 0.6 is 0 Å². The van der Waals surface area contributed by atoms with Gasteiger partial charge >= 0.3 is 5.97 Å². The molecule has 2 heterocycles. The summed E-state index contributed by atoms with van der Waals surface area (Å²) in [6, 6.07) is 5.68. The predicted molar refractivity (Wildman–Crippen MR) is 86.2 cm³/mol. The van der Waals surface area contributed by atoms with Crippen molar-refractivity contribution in [1.29, 1.82) is 0 Å². The topological polar surface area (TPSA) is 61.3 Å². The number of aromatic nitrogens is 2. The smallest absolute Gasteiger partial charge is 0.344 e. The van der Waals surface area contributed by atoms with Crippen molar-refractivity contribution in [2.45, 2.75) is 25.9 Å². The van der Waals surface area contributed by atoms with Crippen LogP contribution in [-0.2, 0) is 11.2 Å². The second-order valence-corrected chi connectivity index (χ2v) is 5.20. The Bertz CT molecular complexity index is 743. The summed E-state index contributed by atoms with van der Waals surface area (Å²) in [7, 11) is 0. The Kier molecular flexibility index (Phi) is 4.37. The number of esters is 1. The summed E-state index contributed by atoms with van der Waals surface area (Å²) >= 11 is 0. The zero-order valence-corrected chi connectivity index (χ0v) is 13.0. The van der Waals surface area contributed by atoms with E-state index in [0.29, 0.717) is 11.1 Å². The number of carbonyl (C=O) groups is 1. The van der Waals surface area contributed by atoms with E-state index in [2.05, 4.69) is 16.5 Å². The molecule has 0 radical (unpaired) electrons. The van der Waals surface area contributed by atoms with E-state index in [9.17, 15) is 4.79 Å². The monoisotopic (exact) mass is 310 g/mol. The Balaban J connectivity index is 1.94. The number of fused-ring (bicyclic) bond motifs is 1. The Morgan fingerprint density at radius 1 is 1.39 bits per heavy atom. The lowest BCUT2D eigenvalue weighted by atomic mass is 10.1. The molecular formula is C18H18N2O3. The molecule has 118 valence electrons. The van der Waals surface area contributed by atoms with Crippen LogP contribution < -0.4 is 4.74 Å². The average molecular weight is 310 g/mol. The van der Waals surface area contributed by atoms with Crippen LogP contribution in [0.3, 0.4) is 0 Å². The highest BCUT2D eigenvalue weighted by atomic mass is 16.5. The Morgan fingerprint density at radius 2 is 2.26 bits per heavy atom. The van der Waals surface area contributed by atoms with E-state index in [-0.39, 0.29) is 18.6 Å². The van der Waals surface area contributed by atoms with Crippen LogP contribution in [0.2, 0.25) is 0 Å². The maximum Gasteiger partial charge on any atom is 0.344 e. The van der Waals surface area contributed by atoms with Crippen LogP contribution in [0.15, 0.2) is 37.2 Å². The molecule has 23 heavy (non-hydrogen) atoms. The third-order valence-electron chi connectivity index (χ3n) is 3.81. The molecule has 1 aliphatic rings. The number of hydrogen-bond acceptors (Lipinski definition) is 5. The van der Waals surface area contributed by atoms with Gasteiger partial charge in [-0.25, -0.2) is 9.78 Å². The van der Waals surface area contributed by atoms with Crippen molar-refractivity contribution in [2.75, 3.05) is 6.61 Å². The van der Waals surface area contributed by atoms with E-state index < -0.39 is 5.97 Å². The van der Waals surface area contributed by atoms with Crippen LogP contribution in [-0.4, -0.2) is 22.5 Å². The lowest BCUT2D eigenvalue weighted by Gasteiger charge is -2.16. The summed E-state index contributed by atoms with van der Waals surface area (Å²) in [4.78, 5) is 20.9. The normalized spacial score (nSPS) is 15.8. The number of aryl methyl sites for hydroxylation is 1. The van der Waals surface area contributed by atoms with Crippen LogP contribution in [0.1, 0.15) is 46.6 Å². The summed E-state index contributed by atoms with van der Waals surface area (Å²) in [6.07, 6.45) is 6.47. The summed E-state index contributed by atoms with van der Waals surface area (Å²) in [5.41, 5.74) is 3.05. The fourth-order valence-electron chi connectivity index (χ4n) is 2.75. The lowest BCUT2D eigenvalue weighted by Crippen LogP contribution is -2.13. The molecule has 0 saturated heterocycles. The van der Waals surface area contributed by atoms with E-state index in [0.717, 1.165) is 18.5 Å². The number of pyridine rings is 2. The number of nitrogens with zero attached hydrogens (tertiary/aromatic N) is 2. The third-order valence-corrected chi connectivity index (χ3v) is 3.81. The Morgan fingerprint density at radius 3 is 3.04 bits per heavy atom. The van der Waals surface area contributed by atoms with Gasteiger partial charge in [0, 0.05) is 12.4 Å². The quantitative estimate of drug-likeness (QED) is 0.792. The highest BCUT2D eigenvalue weighted by Crippen LogP contribution is 2.34. The number of ether oxygens (including phenoxy) is 2. The van der Waals surface area contributed by atoms with E-state index in [1.807, 2.05) is 12.1 Å². The van der Waals surface area contributed by atoms with E-state index >= 15 is 0 Å². The molecule has 1 aliphatic carbocycles. The first-order valence-electron chi connectivity index (χ1n) is 7.63. The predicted octanol–water partition coefficient (Wildman–Crippen LogP) is 3.36. The molecule has 0 bridgehead atoms. The van der Waals surface area contributed by atoms with Crippen molar-refractivity contribution in [2.24, 2.45) is 0 Å². The van der Waals surface area contributed by atoms with Crippen LogP contribution in [0.25, 0.3) is 6.08 Å². The standard InChI is InChI=1S/C18H18N2O3/c1-3-12-9-11-20-17(15(12)18(21)22-4-2)23-14-8-7-13-6-5-10-19-16(13)14/h3,5-6,9-11,14H,1,4,7-8H2,2H3. The molecule has 0 amide bonds. The van der Waals surface area contributed by atoms with Crippen LogP contribution in [0, 0.1) is 0 Å². The minimum Gasteiger partial charge on any atom is -0.467 e.